The summed E-state index contributed by atoms with van der Waals surface area (Å²) in [5.41, 5.74) is -1.03. The summed E-state index contributed by atoms with van der Waals surface area (Å²) in [6, 6.07) is 5.64. The Morgan fingerprint density at radius 1 is 1.10 bits per heavy atom. The predicted molar refractivity (Wildman–Crippen MR) is 178 cm³/mol. The van der Waals surface area contributed by atoms with Gasteiger partial charge < -0.3 is 29.9 Å². The van der Waals surface area contributed by atoms with Crippen LogP contribution in [0.2, 0.25) is 0 Å². The second-order valence-electron chi connectivity index (χ2n) is 13.9. The molecule has 3 N–H and O–H groups in total. The van der Waals surface area contributed by atoms with E-state index in [1.807, 2.05) is 0 Å². The van der Waals surface area contributed by atoms with Crippen LogP contribution in [-0.4, -0.2) is 99.4 Å². The third-order valence-electron chi connectivity index (χ3n) is 10.4. The van der Waals surface area contributed by atoms with E-state index >= 15 is 8.78 Å². The van der Waals surface area contributed by atoms with Crippen LogP contribution in [-0.2, 0) is 0 Å². The van der Waals surface area contributed by atoms with E-state index in [9.17, 15) is 14.6 Å². The first kappa shape index (κ1) is 31.9. The van der Waals surface area contributed by atoms with Gasteiger partial charge in [-0.1, -0.05) is 12.0 Å². The van der Waals surface area contributed by atoms with Crippen molar-refractivity contribution in [1.82, 2.24) is 25.2 Å². The van der Waals surface area contributed by atoms with Gasteiger partial charge in [-0.15, -0.1) is 6.42 Å². The lowest BCUT2D eigenvalue weighted by Gasteiger charge is -2.35. The Kier molecular flexibility index (Phi) is 7.93. The molecule has 4 aliphatic rings. The van der Waals surface area contributed by atoms with Gasteiger partial charge in [-0.3, -0.25) is 4.90 Å². The molecule has 49 heavy (non-hydrogen) atoms. The summed E-state index contributed by atoms with van der Waals surface area (Å²) in [6.45, 7) is 3.81. The lowest BCUT2D eigenvalue weighted by Crippen LogP contribution is -2.51. The molecule has 6 heterocycles. The molecule has 0 amide bonds. The number of anilines is 1. The molecule has 4 saturated heterocycles. The monoisotopic (exact) mass is 674 g/mol. The molecule has 0 saturated carbocycles. The largest absolute Gasteiger partial charge is 0.508 e. The van der Waals surface area contributed by atoms with Gasteiger partial charge in [-0.05, 0) is 62.7 Å². The highest BCUT2D eigenvalue weighted by molar-refractivity contribution is 6.04. The van der Waals surface area contributed by atoms with Crippen molar-refractivity contribution in [1.29, 1.82) is 0 Å². The maximum Gasteiger partial charge on any atom is 0.319 e. The number of alkyl halides is 1. The van der Waals surface area contributed by atoms with Crippen LogP contribution in [0.15, 0.2) is 24.3 Å². The molecule has 4 fully saturated rings. The summed E-state index contributed by atoms with van der Waals surface area (Å²) in [5.74, 6) is 0.893. The third-order valence-corrected chi connectivity index (χ3v) is 10.4. The van der Waals surface area contributed by atoms with E-state index < -0.39 is 29.4 Å². The van der Waals surface area contributed by atoms with Crippen LogP contribution in [0.4, 0.5) is 19.0 Å². The number of hydrogen-bond acceptors (Lipinski definition) is 10. The topological polar surface area (TPSA) is 116 Å². The van der Waals surface area contributed by atoms with E-state index in [2.05, 4.69) is 31.0 Å². The van der Waals surface area contributed by atoms with Crippen molar-refractivity contribution in [2.75, 3.05) is 44.3 Å². The van der Waals surface area contributed by atoms with E-state index in [1.54, 1.807) is 6.92 Å². The van der Waals surface area contributed by atoms with E-state index in [1.165, 1.54) is 24.3 Å². The number of nitrogens with zero attached hydrogens (tertiary/aromatic N) is 5. The molecule has 0 spiro atoms. The average molecular weight is 675 g/mol. The molecular formula is C36H37F3N6O4. The Bertz CT molecular complexity index is 1990. The van der Waals surface area contributed by atoms with Crippen LogP contribution < -0.4 is 19.7 Å². The number of pyridine rings is 1. The highest BCUT2D eigenvalue weighted by Crippen LogP contribution is 2.44. The quantitative estimate of drug-likeness (QED) is 0.232. The average Bonchev–Trinajstić information content (AvgIpc) is 3.73. The van der Waals surface area contributed by atoms with Crippen LogP contribution in [0.5, 0.6) is 17.6 Å². The van der Waals surface area contributed by atoms with Crippen LogP contribution in [0.25, 0.3) is 32.9 Å². The molecule has 2 aromatic carbocycles. The van der Waals surface area contributed by atoms with Gasteiger partial charge in [0.2, 0.25) is 5.88 Å². The first-order chi connectivity index (χ1) is 23.6. The first-order valence-electron chi connectivity index (χ1n) is 16.8. The minimum atomic E-state index is -0.956. The number of ether oxygens (including phenoxy) is 2. The normalized spacial score (nSPS) is 25.6. The molecular weight excluding hydrogens is 637 g/mol. The van der Waals surface area contributed by atoms with Gasteiger partial charge in [0.25, 0.3) is 0 Å². The fraction of sp³-hybridized carbons (Fsp3) is 0.472. The summed E-state index contributed by atoms with van der Waals surface area (Å²) in [4.78, 5) is 18.2. The van der Waals surface area contributed by atoms with Gasteiger partial charge in [0.15, 0.2) is 5.82 Å². The second-order valence-corrected chi connectivity index (χ2v) is 13.9. The number of fused-ring (bicyclic) bond motifs is 5. The Labute approximate surface area is 281 Å². The Hall–Kier alpha value is -4.38. The fourth-order valence-corrected chi connectivity index (χ4v) is 8.25. The molecule has 256 valence electrons. The van der Waals surface area contributed by atoms with Gasteiger partial charge >= 0.3 is 6.01 Å². The van der Waals surface area contributed by atoms with Crippen molar-refractivity contribution in [3.63, 3.8) is 0 Å². The molecule has 2 unspecified atom stereocenters. The van der Waals surface area contributed by atoms with Gasteiger partial charge in [0, 0.05) is 49.1 Å². The predicted octanol–water partition coefficient (Wildman–Crippen LogP) is 4.47. The highest BCUT2D eigenvalue weighted by Gasteiger charge is 2.49. The van der Waals surface area contributed by atoms with E-state index in [-0.39, 0.29) is 76.0 Å². The lowest BCUT2D eigenvalue weighted by atomic mass is 9.95. The van der Waals surface area contributed by atoms with Crippen molar-refractivity contribution < 1.29 is 32.9 Å². The summed E-state index contributed by atoms with van der Waals surface area (Å²) in [6.07, 6.45) is 7.88. The number of hydrogen-bond donors (Lipinski definition) is 3. The highest BCUT2D eigenvalue weighted by atomic mass is 19.1. The summed E-state index contributed by atoms with van der Waals surface area (Å²) < 4.78 is 59.1. The fourth-order valence-electron chi connectivity index (χ4n) is 8.25. The zero-order valence-corrected chi connectivity index (χ0v) is 27.1. The number of piperazine rings is 1. The molecule has 4 aliphatic heterocycles. The molecule has 13 heteroatoms. The Morgan fingerprint density at radius 2 is 1.90 bits per heavy atom. The minimum Gasteiger partial charge on any atom is -0.508 e. The van der Waals surface area contributed by atoms with Gasteiger partial charge in [0.05, 0.1) is 17.2 Å². The number of aromatic nitrogens is 3. The van der Waals surface area contributed by atoms with Gasteiger partial charge in [-0.2, -0.15) is 9.97 Å². The van der Waals surface area contributed by atoms with Gasteiger partial charge in [0.1, 0.15) is 53.4 Å². The number of aromatic hydroxyl groups is 1. The molecule has 4 aromatic rings. The number of rotatable bonds is 8. The molecule has 2 aromatic heterocycles. The zero-order chi connectivity index (χ0) is 34.0. The van der Waals surface area contributed by atoms with Crippen LogP contribution in [0.3, 0.4) is 0 Å². The molecule has 8 rings (SSSR count). The molecule has 0 aliphatic carbocycles. The smallest absolute Gasteiger partial charge is 0.319 e. The number of phenolic OH excluding ortho intramolecular Hbond substituents is 1. The minimum absolute atomic E-state index is 0.0343. The van der Waals surface area contributed by atoms with E-state index in [4.69, 9.17) is 20.9 Å². The van der Waals surface area contributed by atoms with Crippen LogP contribution >= 0.6 is 0 Å². The van der Waals surface area contributed by atoms with E-state index in [0.717, 1.165) is 32.2 Å². The first-order valence-corrected chi connectivity index (χ1v) is 16.8. The van der Waals surface area contributed by atoms with Crippen LogP contribution in [0.1, 0.15) is 44.6 Å². The summed E-state index contributed by atoms with van der Waals surface area (Å²) in [7, 11) is 0. The summed E-state index contributed by atoms with van der Waals surface area (Å²) >= 11 is 0. The number of terminal acetylenes is 1. The van der Waals surface area contributed by atoms with Crippen molar-refractivity contribution in [3.8, 4) is 41.2 Å². The number of phenols is 1. The maximum absolute atomic E-state index is 17.2. The van der Waals surface area contributed by atoms with Crippen molar-refractivity contribution in [2.24, 2.45) is 0 Å². The lowest BCUT2D eigenvalue weighted by molar-refractivity contribution is 0.107. The van der Waals surface area contributed by atoms with Crippen molar-refractivity contribution >= 4 is 27.5 Å². The van der Waals surface area contributed by atoms with Crippen molar-refractivity contribution in [3.05, 3.63) is 41.5 Å². The van der Waals surface area contributed by atoms with E-state index in [0.29, 0.717) is 37.3 Å². The SMILES string of the molecule is C#Cc1c(F)ccc2cc(O)cc(-c3nc(OC[C@@H](C)O)c4c(N5CC6CCC(C5)N6)nc(OC[C@@]56CCCN5C[C@H](F)C6)nc4c3F)c12. The standard InChI is InChI=1S/C36H37F3N6O4/c1-3-25-27(38)8-5-20-11-24(47)12-26(28(20)25)31-30(39)32-29(34(41-31)48-17-19(2)46)33(44-15-22-6-7-23(16-44)40-22)43-35(42-32)49-18-36-9-4-10-45(36)14-21(37)13-36/h1,5,8,11-12,19,21-23,40,46-47H,4,6-7,9-10,13-18H2,2H3/t19-,21-,22?,23?,36+/m1/s1. The van der Waals surface area contributed by atoms with Crippen LogP contribution in [0, 0.1) is 24.0 Å². The molecule has 10 nitrogen and oxygen atoms in total. The van der Waals surface area contributed by atoms with Gasteiger partial charge in [-0.25, -0.2) is 18.2 Å². The number of aliphatic hydroxyl groups is 1. The number of halogens is 3. The second kappa shape index (κ2) is 12.2. The number of aliphatic hydroxyl groups excluding tert-OH is 1. The molecule has 0 radical (unpaired) electrons. The van der Waals surface area contributed by atoms with Crippen molar-refractivity contribution in [2.45, 2.75) is 68.9 Å². The Balaban J connectivity index is 1.34. The number of benzene rings is 2. The third kappa shape index (κ3) is 5.56. The zero-order valence-electron chi connectivity index (χ0n) is 27.1. The summed E-state index contributed by atoms with van der Waals surface area (Å²) in [5, 5.41) is 25.2. The molecule has 2 bridgehead atoms. The maximum atomic E-state index is 17.2. The number of nitrogens with one attached hydrogen (secondary N) is 1. The molecule has 5 atom stereocenters. The Morgan fingerprint density at radius 3 is 2.65 bits per heavy atom.